The second kappa shape index (κ2) is 2.88. The lowest BCUT2D eigenvalue weighted by Gasteiger charge is -1.86. The van der Waals surface area contributed by atoms with Gasteiger partial charge in [0.05, 0.1) is 6.20 Å². The first-order valence-corrected chi connectivity index (χ1v) is 4.33. The predicted molar refractivity (Wildman–Crippen MR) is 38.5 cm³/mol. The summed E-state index contributed by atoms with van der Waals surface area (Å²) in [4.78, 5) is 9.59. The molecule has 1 rings (SSSR count). The Morgan fingerprint density at radius 2 is 2.33 bits per heavy atom. The number of aryl methyl sites for hydroxylation is 1. The molecule has 0 atom stereocenters. The SMILES string of the molecule is Cn1cc(S(=O)(=O)N=C=O)cn1. The molecule has 1 heterocycles. The van der Waals surface area contributed by atoms with E-state index in [1.54, 1.807) is 7.05 Å². The van der Waals surface area contributed by atoms with Crippen molar-refractivity contribution in [1.29, 1.82) is 0 Å². The lowest BCUT2D eigenvalue weighted by molar-refractivity contribution is 0.563. The summed E-state index contributed by atoms with van der Waals surface area (Å²) in [5.41, 5.74) is 0. The maximum Gasteiger partial charge on any atom is 0.295 e. The van der Waals surface area contributed by atoms with Crippen LogP contribution in [0.4, 0.5) is 0 Å². The molecule has 0 radical (unpaired) electrons. The standard InChI is InChI=1S/C5H5N3O3S/c1-8-3-5(2-6-8)12(10,11)7-4-9/h2-3H,1H3. The van der Waals surface area contributed by atoms with Crippen molar-refractivity contribution in [3.05, 3.63) is 12.4 Å². The number of sulfonamides is 1. The molecule has 1 aromatic heterocycles. The Morgan fingerprint density at radius 3 is 2.75 bits per heavy atom. The maximum absolute atomic E-state index is 11.0. The molecule has 0 amide bonds. The first-order valence-electron chi connectivity index (χ1n) is 2.89. The van der Waals surface area contributed by atoms with E-state index in [1.807, 2.05) is 0 Å². The fraction of sp³-hybridized carbons (Fsp3) is 0.200. The van der Waals surface area contributed by atoms with Gasteiger partial charge in [0.2, 0.25) is 0 Å². The van der Waals surface area contributed by atoms with Crippen LogP contribution in [0.15, 0.2) is 21.7 Å². The lowest BCUT2D eigenvalue weighted by atomic mass is 10.7. The Bertz CT molecular complexity index is 427. The van der Waals surface area contributed by atoms with Gasteiger partial charge in [-0.2, -0.15) is 13.5 Å². The Labute approximate surface area is 68.6 Å². The minimum Gasteiger partial charge on any atom is -0.274 e. The van der Waals surface area contributed by atoms with Crippen molar-refractivity contribution in [2.45, 2.75) is 4.90 Å². The van der Waals surface area contributed by atoms with Gasteiger partial charge in [-0.1, -0.05) is 4.40 Å². The highest BCUT2D eigenvalue weighted by molar-refractivity contribution is 7.90. The first kappa shape index (κ1) is 8.63. The van der Waals surface area contributed by atoms with Crippen LogP contribution in [0.2, 0.25) is 0 Å². The average molecular weight is 187 g/mol. The summed E-state index contributed by atoms with van der Waals surface area (Å²) in [7, 11) is -2.31. The molecule has 0 aliphatic heterocycles. The molecule has 0 saturated heterocycles. The monoisotopic (exact) mass is 187 g/mol. The first-order chi connectivity index (χ1) is 5.56. The topological polar surface area (TPSA) is 81.4 Å². The quantitative estimate of drug-likeness (QED) is 0.459. The lowest BCUT2D eigenvalue weighted by Crippen LogP contribution is -1.94. The summed E-state index contributed by atoms with van der Waals surface area (Å²) < 4.78 is 25.9. The Hall–Kier alpha value is -1.46. The van der Waals surface area contributed by atoms with Crippen molar-refractivity contribution in [2.75, 3.05) is 0 Å². The number of isocyanates is 1. The van der Waals surface area contributed by atoms with E-state index < -0.39 is 10.0 Å². The van der Waals surface area contributed by atoms with Crippen LogP contribution in [0.3, 0.4) is 0 Å². The van der Waals surface area contributed by atoms with Gasteiger partial charge in [-0.3, -0.25) is 4.68 Å². The molecule has 0 aliphatic rings. The highest BCUT2D eigenvalue weighted by atomic mass is 32.2. The van der Waals surface area contributed by atoms with Crippen LogP contribution < -0.4 is 0 Å². The van der Waals surface area contributed by atoms with Gasteiger partial charge < -0.3 is 0 Å². The van der Waals surface area contributed by atoms with E-state index in [0.29, 0.717) is 0 Å². The van der Waals surface area contributed by atoms with Crippen molar-refractivity contribution in [1.82, 2.24) is 9.78 Å². The predicted octanol–water partition coefficient (Wildman–Crippen LogP) is -0.555. The molecule has 0 unspecified atom stereocenters. The van der Waals surface area contributed by atoms with Crippen LogP contribution in [0.25, 0.3) is 0 Å². The number of nitrogens with zero attached hydrogens (tertiary/aromatic N) is 3. The summed E-state index contributed by atoms with van der Waals surface area (Å²) in [5, 5.41) is 3.61. The average Bonchev–Trinajstić information content (AvgIpc) is 2.36. The molecule has 1 aromatic rings. The Kier molecular flexibility index (Phi) is 2.07. The fourth-order valence-electron chi connectivity index (χ4n) is 0.634. The van der Waals surface area contributed by atoms with E-state index >= 15 is 0 Å². The van der Waals surface area contributed by atoms with Crippen LogP contribution >= 0.6 is 0 Å². The molecule has 0 aliphatic carbocycles. The molecule has 0 spiro atoms. The molecule has 0 bridgehead atoms. The van der Waals surface area contributed by atoms with Gasteiger partial charge in [-0.15, -0.1) is 0 Å². The van der Waals surface area contributed by atoms with Gasteiger partial charge in [0.15, 0.2) is 0 Å². The Balaban J connectivity index is 3.23. The normalized spacial score (nSPS) is 10.8. The molecule has 7 heteroatoms. The largest absolute Gasteiger partial charge is 0.295 e. The third kappa shape index (κ3) is 1.58. The zero-order chi connectivity index (χ0) is 9.19. The van der Waals surface area contributed by atoms with E-state index in [0.717, 1.165) is 12.3 Å². The molecule has 6 nitrogen and oxygen atoms in total. The van der Waals surface area contributed by atoms with Gasteiger partial charge in [0.25, 0.3) is 16.1 Å². The minimum absolute atomic E-state index is 0.117. The van der Waals surface area contributed by atoms with Gasteiger partial charge in [-0.05, 0) is 0 Å². The molecule has 0 N–H and O–H groups in total. The smallest absolute Gasteiger partial charge is 0.274 e. The van der Waals surface area contributed by atoms with Gasteiger partial charge in [0, 0.05) is 13.2 Å². The van der Waals surface area contributed by atoms with Crippen LogP contribution in [0, 0.1) is 0 Å². The fourth-order valence-corrected chi connectivity index (χ4v) is 1.30. The number of aromatic nitrogens is 2. The summed E-state index contributed by atoms with van der Waals surface area (Å²) in [5.74, 6) is 0. The number of carbonyl (C=O) groups excluding carboxylic acids is 1. The van der Waals surface area contributed by atoms with Crippen molar-refractivity contribution in [3.8, 4) is 0 Å². The zero-order valence-corrected chi connectivity index (χ0v) is 6.95. The molecule has 64 valence electrons. The highest BCUT2D eigenvalue weighted by Gasteiger charge is 2.13. The number of rotatable bonds is 2. The van der Waals surface area contributed by atoms with Crippen LogP contribution in [-0.2, 0) is 21.9 Å². The highest BCUT2D eigenvalue weighted by Crippen LogP contribution is 2.08. The van der Waals surface area contributed by atoms with E-state index in [4.69, 9.17) is 0 Å². The van der Waals surface area contributed by atoms with Crippen molar-refractivity contribution >= 4 is 16.1 Å². The minimum atomic E-state index is -3.87. The molecular formula is C5H5N3O3S. The van der Waals surface area contributed by atoms with Crippen LogP contribution in [0.1, 0.15) is 0 Å². The summed E-state index contributed by atoms with van der Waals surface area (Å²) in [6.07, 6.45) is 3.32. The molecule has 0 saturated carbocycles. The van der Waals surface area contributed by atoms with Crippen LogP contribution in [-0.4, -0.2) is 24.3 Å². The van der Waals surface area contributed by atoms with E-state index in [-0.39, 0.29) is 4.90 Å². The van der Waals surface area contributed by atoms with E-state index in [2.05, 4.69) is 9.50 Å². The molecule has 0 fully saturated rings. The second-order valence-electron chi connectivity index (χ2n) is 2.01. The third-order valence-electron chi connectivity index (χ3n) is 1.14. The number of hydrogen-bond donors (Lipinski definition) is 0. The molecule has 12 heavy (non-hydrogen) atoms. The summed E-state index contributed by atoms with van der Waals surface area (Å²) in [6, 6.07) is 0. The van der Waals surface area contributed by atoms with E-state index in [1.165, 1.54) is 10.9 Å². The van der Waals surface area contributed by atoms with Crippen LogP contribution in [0.5, 0.6) is 0 Å². The van der Waals surface area contributed by atoms with Gasteiger partial charge in [0.1, 0.15) is 4.90 Å². The Morgan fingerprint density at radius 1 is 1.67 bits per heavy atom. The second-order valence-corrected chi connectivity index (χ2v) is 3.61. The van der Waals surface area contributed by atoms with Crippen molar-refractivity contribution in [3.63, 3.8) is 0 Å². The maximum atomic E-state index is 11.0. The van der Waals surface area contributed by atoms with Crippen molar-refractivity contribution < 1.29 is 13.2 Å². The van der Waals surface area contributed by atoms with Gasteiger partial charge >= 0.3 is 0 Å². The van der Waals surface area contributed by atoms with Crippen molar-refractivity contribution in [2.24, 2.45) is 11.4 Å². The molecule has 0 aromatic carbocycles. The third-order valence-corrected chi connectivity index (χ3v) is 2.26. The number of hydrogen-bond acceptors (Lipinski definition) is 4. The zero-order valence-electron chi connectivity index (χ0n) is 6.13. The van der Waals surface area contributed by atoms with E-state index in [9.17, 15) is 13.2 Å². The summed E-state index contributed by atoms with van der Waals surface area (Å²) >= 11 is 0. The summed E-state index contributed by atoms with van der Waals surface area (Å²) in [6.45, 7) is 0. The van der Waals surface area contributed by atoms with Gasteiger partial charge in [-0.25, -0.2) is 4.79 Å². The molecular weight excluding hydrogens is 182 g/mol.